The highest BCUT2D eigenvalue weighted by Crippen LogP contribution is 2.26. The smallest absolute Gasteiger partial charge is 0.240 e. The average molecular weight is 393 g/mol. The lowest BCUT2D eigenvalue weighted by Gasteiger charge is -2.35. The van der Waals surface area contributed by atoms with Crippen molar-refractivity contribution in [2.24, 2.45) is 5.73 Å². The van der Waals surface area contributed by atoms with Crippen molar-refractivity contribution in [3.63, 3.8) is 0 Å². The normalized spacial score (nSPS) is 15.8. The van der Waals surface area contributed by atoms with Gasteiger partial charge in [0.25, 0.3) is 0 Å². The molecule has 1 aromatic heterocycles. The van der Waals surface area contributed by atoms with Crippen molar-refractivity contribution in [3.8, 4) is 11.3 Å². The molecule has 4 rings (SSSR count). The van der Waals surface area contributed by atoms with Gasteiger partial charge in [0.05, 0.1) is 11.8 Å². The summed E-state index contributed by atoms with van der Waals surface area (Å²) in [5.41, 5.74) is 7.90. The minimum atomic E-state index is -0.670. The molecule has 1 aliphatic heterocycles. The van der Waals surface area contributed by atoms with Gasteiger partial charge in [-0.05, 0) is 23.3 Å². The molecule has 2 aromatic carbocycles. The number of hydrogen-bond acceptors (Lipinski definition) is 4. The summed E-state index contributed by atoms with van der Waals surface area (Å²) in [6, 6.07) is 13.3. The van der Waals surface area contributed by atoms with E-state index in [1.165, 1.54) is 17.2 Å². The van der Waals surface area contributed by atoms with Gasteiger partial charge in [-0.1, -0.05) is 36.4 Å². The van der Waals surface area contributed by atoms with Gasteiger partial charge in [0.1, 0.15) is 11.9 Å². The van der Waals surface area contributed by atoms with E-state index < -0.39 is 17.8 Å². The Morgan fingerprint density at radius 1 is 1.14 bits per heavy atom. The number of hydrogen-bond donors (Lipinski definition) is 1. The molecule has 2 N–H and O–H groups in total. The van der Waals surface area contributed by atoms with Gasteiger partial charge in [0.2, 0.25) is 11.8 Å². The molecule has 0 aliphatic carbocycles. The van der Waals surface area contributed by atoms with E-state index in [0.717, 1.165) is 11.1 Å². The lowest BCUT2D eigenvalue weighted by atomic mass is 9.93. The molecule has 1 atom stereocenters. The fourth-order valence-corrected chi connectivity index (χ4v) is 3.61. The quantitative estimate of drug-likeness (QED) is 0.722. The zero-order valence-corrected chi connectivity index (χ0v) is 15.7. The fourth-order valence-electron chi connectivity index (χ4n) is 3.61. The van der Waals surface area contributed by atoms with Crippen molar-refractivity contribution in [1.29, 1.82) is 0 Å². The van der Waals surface area contributed by atoms with Crippen LogP contribution in [0.3, 0.4) is 0 Å². The highest BCUT2D eigenvalue weighted by Gasteiger charge is 2.33. The Morgan fingerprint density at radius 3 is 2.62 bits per heavy atom. The molecule has 7 heteroatoms. The second-order valence-corrected chi connectivity index (χ2v) is 7.01. The first-order valence-electron chi connectivity index (χ1n) is 9.38. The van der Waals surface area contributed by atoms with Crippen molar-refractivity contribution in [1.82, 2.24) is 9.88 Å². The monoisotopic (exact) mass is 393 g/mol. The van der Waals surface area contributed by atoms with E-state index in [-0.39, 0.29) is 18.7 Å². The highest BCUT2D eigenvalue weighted by atomic mass is 19.1. The molecule has 2 heterocycles. The van der Waals surface area contributed by atoms with E-state index in [1.54, 1.807) is 18.2 Å². The molecule has 0 unspecified atom stereocenters. The van der Waals surface area contributed by atoms with Crippen molar-refractivity contribution < 1.29 is 18.4 Å². The summed E-state index contributed by atoms with van der Waals surface area (Å²) in [5.74, 6) is -0.473. The molecule has 0 fully saturated rings. The predicted molar refractivity (Wildman–Crippen MR) is 104 cm³/mol. The van der Waals surface area contributed by atoms with Gasteiger partial charge in [0, 0.05) is 25.8 Å². The van der Waals surface area contributed by atoms with Crippen LogP contribution in [0.25, 0.3) is 11.3 Å². The lowest BCUT2D eigenvalue weighted by molar-refractivity contribution is -0.140. The molecule has 6 nitrogen and oxygen atoms in total. The molecule has 0 radical (unpaired) electrons. The molecule has 29 heavy (non-hydrogen) atoms. The average Bonchev–Trinajstić information content (AvgIpc) is 3.20. The van der Waals surface area contributed by atoms with E-state index in [0.29, 0.717) is 30.2 Å². The first-order valence-corrected chi connectivity index (χ1v) is 9.38. The molecular weight excluding hydrogens is 373 g/mol. The Hall–Kier alpha value is -3.48. The zero-order chi connectivity index (χ0) is 20.4. The summed E-state index contributed by atoms with van der Waals surface area (Å²) in [6.07, 6.45) is 2.22. The van der Waals surface area contributed by atoms with E-state index in [2.05, 4.69) is 4.98 Å². The van der Waals surface area contributed by atoms with E-state index in [4.69, 9.17) is 10.2 Å². The maximum Gasteiger partial charge on any atom is 0.240 e. The SMILES string of the molecule is NC(=O)[C@H]1Cc2ccccc2CN1C(=O)CCc1ncc(-c2ccccc2F)o1. The van der Waals surface area contributed by atoms with Gasteiger partial charge in [0.15, 0.2) is 11.7 Å². The number of aryl methyl sites for hydroxylation is 1. The van der Waals surface area contributed by atoms with Gasteiger partial charge in [-0.15, -0.1) is 0 Å². The Balaban J connectivity index is 1.46. The van der Waals surface area contributed by atoms with Crippen LogP contribution in [0.2, 0.25) is 0 Å². The van der Waals surface area contributed by atoms with Gasteiger partial charge < -0.3 is 15.1 Å². The van der Waals surface area contributed by atoms with Crippen LogP contribution in [0.15, 0.2) is 59.1 Å². The summed E-state index contributed by atoms with van der Waals surface area (Å²) in [7, 11) is 0. The van der Waals surface area contributed by atoms with Crippen molar-refractivity contribution in [2.45, 2.75) is 31.8 Å². The van der Waals surface area contributed by atoms with Gasteiger partial charge >= 0.3 is 0 Å². The molecule has 0 spiro atoms. The largest absolute Gasteiger partial charge is 0.441 e. The number of carbonyl (C=O) groups excluding carboxylic acids is 2. The second kappa shape index (κ2) is 7.87. The number of benzene rings is 2. The van der Waals surface area contributed by atoms with Gasteiger partial charge in [-0.3, -0.25) is 9.59 Å². The summed E-state index contributed by atoms with van der Waals surface area (Å²) >= 11 is 0. The number of nitrogens with zero attached hydrogens (tertiary/aromatic N) is 2. The number of rotatable bonds is 5. The highest BCUT2D eigenvalue weighted by molar-refractivity contribution is 5.87. The standard InChI is InChI=1S/C22H20FN3O3/c23-17-8-4-3-7-16(17)19-12-25-20(29-19)9-10-21(27)26-13-15-6-2-1-5-14(15)11-18(26)22(24)28/h1-8,12,18H,9-11,13H2,(H2,24,28)/t18-/m1/s1. The Bertz CT molecular complexity index is 1060. The Kier molecular flexibility index (Phi) is 5.12. The summed E-state index contributed by atoms with van der Waals surface area (Å²) < 4.78 is 19.5. The molecule has 1 aliphatic rings. The Labute approximate surface area is 167 Å². The molecule has 0 bridgehead atoms. The fraction of sp³-hybridized carbons (Fsp3) is 0.227. The number of primary amides is 1. The number of carbonyl (C=O) groups is 2. The maximum absolute atomic E-state index is 13.9. The maximum atomic E-state index is 13.9. The molecular formula is C22H20FN3O3. The molecule has 3 aromatic rings. The number of amides is 2. The van der Waals surface area contributed by atoms with Crippen LogP contribution in [0.4, 0.5) is 4.39 Å². The Morgan fingerprint density at radius 2 is 1.86 bits per heavy atom. The van der Waals surface area contributed by atoms with Crippen LogP contribution in [-0.4, -0.2) is 27.7 Å². The van der Waals surface area contributed by atoms with Crippen molar-refractivity contribution >= 4 is 11.8 Å². The lowest BCUT2D eigenvalue weighted by Crippen LogP contribution is -2.51. The minimum Gasteiger partial charge on any atom is -0.441 e. The number of halogens is 1. The third kappa shape index (κ3) is 3.89. The van der Waals surface area contributed by atoms with Crippen LogP contribution in [0.1, 0.15) is 23.4 Å². The number of aromatic nitrogens is 1. The first-order chi connectivity index (χ1) is 14.0. The summed E-state index contributed by atoms with van der Waals surface area (Å²) in [5, 5.41) is 0. The molecule has 148 valence electrons. The minimum absolute atomic E-state index is 0.114. The van der Waals surface area contributed by atoms with E-state index >= 15 is 0 Å². The molecule has 0 saturated carbocycles. The van der Waals surface area contributed by atoms with Gasteiger partial charge in [-0.2, -0.15) is 0 Å². The summed E-state index contributed by atoms with van der Waals surface area (Å²) in [4.78, 5) is 30.4. The van der Waals surface area contributed by atoms with Crippen LogP contribution in [0.5, 0.6) is 0 Å². The van der Waals surface area contributed by atoms with Gasteiger partial charge in [-0.25, -0.2) is 9.37 Å². The number of oxazole rings is 1. The number of fused-ring (bicyclic) bond motifs is 1. The summed E-state index contributed by atoms with van der Waals surface area (Å²) in [6.45, 7) is 0.342. The van der Waals surface area contributed by atoms with Crippen molar-refractivity contribution in [3.05, 3.63) is 77.6 Å². The predicted octanol–water partition coefficient (Wildman–Crippen LogP) is 2.85. The second-order valence-electron chi connectivity index (χ2n) is 7.01. The van der Waals surface area contributed by atoms with E-state index in [9.17, 15) is 14.0 Å². The van der Waals surface area contributed by atoms with Crippen LogP contribution < -0.4 is 5.73 Å². The van der Waals surface area contributed by atoms with E-state index in [1.807, 2.05) is 24.3 Å². The third-order valence-corrected chi connectivity index (χ3v) is 5.14. The topological polar surface area (TPSA) is 89.4 Å². The van der Waals surface area contributed by atoms with Crippen LogP contribution >= 0.6 is 0 Å². The van der Waals surface area contributed by atoms with Crippen molar-refractivity contribution in [2.75, 3.05) is 0 Å². The molecule has 0 saturated heterocycles. The number of nitrogens with two attached hydrogens (primary N) is 1. The zero-order valence-electron chi connectivity index (χ0n) is 15.7. The molecule has 2 amide bonds. The van der Waals surface area contributed by atoms with Crippen LogP contribution in [0, 0.1) is 5.82 Å². The van der Waals surface area contributed by atoms with Crippen LogP contribution in [-0.2, 0) is 29.0 Å². The first kappa shape index (κ1) is 18.9. The third-order valence-electron chi connectivity index (χ3n) is 5.14.